The van der Waals surface area contributed by atoms with E-state index in [4.69, 9.17) is 0 Å². The van der Waals surface area contributed by atoms with E-state index in [1.165, 1.54) is 11.8 Å². The number of aromatic nitrogens is 1. The number of hydrogen-bond donors (Lipinski definition) is 2. The lowest BCUT2D eigenvalue weighted by molar-refractivity contribution is 0.0953. The summed E-state index contributed by atoms with van der Waals surface area (Å²) in [6, 6.07) is 17.3. The van der Waals surface area contributed by atoms with E-state index >= 15 is 0 Å². The highest BCUT2D eigenvalue weighted by Gasteiger charge is 2.14. The maximum atomic E-state index is 12.5. The molecular weight excluding hydrogens is 418 g/mol. The highest BCUT2D eigenvalue weighted by molar-refractivity contribution is 7.99. The van der Waals surface area contributed by atoms with E-state index in [2.05, 4.69) is 15.0 Å². The van der Waals surface area contributed by atoms with Crippen molar-refractivity contribution in [2.24, 2.45) is 0 Å². The topological polar surface area (TPSA) is 88.2 Å². The number of pyridine rings is 1. The smallest absolute Gasteiger partial charge is 0.261 e. The zero-order valence-electron chi connectivity index (χ0n) is 16.8. The predicted molar refractivity (Wildman–Crippen MR) is 119 cm³/mol. The summed E-state index contributed by atoms with van der Waals surface area (Å²) >= 11 is 1.43. The van der Waals surface area contributed by atoms with Crippen molar-refractivity contribution in [3.8, 4) is 0 Å². The van der Waals surface area contributed by atoms with E-state index in [1.54, 1.807) is 54.7 Å². The summed E-state index contributed by atoms with van der Waals surface area (Å²) in [6.07, 6.45) is 2.43. The molecule has 0 bridgehead atoms. The second-order valence-corrected chi connectivity index (χ2v) is 9.46. The van der Waals surface area contributed by atoms with Crippen LogP contribution in [-0.4, -0.2) is 25.9 Å². The quantitative estimate of drug-likeness (QED) is 0.538. The molecule has 1 aromatic heterocycles. The van der Waals surface area contributed by atoms with Crippen molar-refractivity contribution in [3.05, 3.63) is 78.0 Å². The third-order valence-electron chi connectivity index (χ3n) is 4.19. The number of hydrogen-bond acceptors (Lipinski definition) is 5. The summed E-state index contributed by atoms with van der Waals surface area (Å²) in [5, 5.41) is 3.56. The molecule has 1 heterocycles. The summed E-state index contributed by atoms with van der Waals surface area (Å²) in [6.45, 7) is 4.54. The average molecular weight is 442 g/mol. The van der Waals surface area contributed by atoms with Crippen LogP contribution in [0.15, 0.2) is 81.7 Å². The van der Waals surface area contributed by atoms with Gasteiger partial charge in [-0.15, -0.1) is 0 Å². The van der Waals surface area contributed by atoms with Crippen LogP contribution < -0.4 is 10.0 Å². The molecule has 2 aromatic carbocycles. The third-order valence-corrected chi connectivity index (χ3v) is 6.55. The molecule has 0 unspecified atom stereocenters. The van der Waals surface area contributed by atoms with Crippen LogP contribution in [0.5, 0.6) is 0 Å². The van der Waals surface area contributed by atoms with Crippen molar-refractivity contribution in [3.63, 3.8) is 0 Å². The number of rotatable bonds is 8. The van der Waals surface area contributed by atoms with Crippen molar-refractivity contribution in [2.45, 2.75) is 35.1 Å². The fourth-order valence-electron chi connectivity index (χ4n) is 2.56. The number of amides is 1. The van der Waals surface area contributed by atoms with E-state index in [9.17, 15) is 13.2 Å². The second kappa shape index (κ2) is 9.77. The minimum absolute atomic E-state index is 0.133. The van der Waals surface area contributed by atoms with Crippen LogP contribution in [0.25, 0.3) is 0 Å². The Balaban J connectivity index is 1.63. The molecule has 0 aliphatic carbocycles. The molecule has 6 nitrogen and oxygen atoms in total. The molecule has 0 aliphatic heterocycles. The summed E-state index contributed by atoms with van der Waals surface area (Å²) in [5.41, 5.74) is 2.00. The molecule has 156 valence electrons. The molecule has 0 atom stereocenters. The first kappa shape index (κ1) is 21.9. The van der Waals surface area contributed by atoms with Gasteiger partial charge in [0.15, 0.2) is 0 Å². The number of anilines is 1. The molecule has 0 radical (unpaired) electrons. The summed E-state index contributed by atoms with van der Waals surface area (Å²) in [7, 11) is -3.63. The summed E-state index contributed by atoms with van der Waals surface area (Å²) in [5.74, 6) is -0.133. The largest absolute Gasteiger partial charge is 0.352 e. The zero-order chi connectivity index (χ0) is 21.6. The number of sulfonamides is 1. The fraction of sp³-hybridized carbons (Fsp3) is 0.182. The lowest BCUT2D eigenvalue weighted by Gasteiger charge is -2.09. The highest BCUT2D eigenvalue weighted by Crippen LogP contribution is 2.27. The van der Waals surface area contributed by atoms with Gasteiger partial charge in [-0.2, -0.15) is 0 Å². The van der Waals surface area contributed by atoms with Gasteiger partial charge >= 0.3 is 0 Å². The van der Waals surface area contributed by atoms with Crippen LogP contribution in [0.2, 0.25) is 0 Å². The van der Waals surface area contributed by atoms with E-state index in [0.29, 0.717) is 17.8 Å². The second-order valence-electron chi connectivity index (χ2n) is 6.69. The molecule has 3 aromatic rings. The van der Waals surface area contributed by atoms with Crippen LogP contribution in [0.3, 0.4) is 0 Å². The van der Waals surface area contributed by atoms with Gasteiger partial charge in [-0.05, 0) is 61.9 Å². The first-order valence-electron chi connectivity index (χ1n) is 9.49. The Morgan fingerprint density at radius 1 is 1.00 bits per heavy atom. The van der Waals surface area contributed by atoms with Crippen molar-refractivity contribution < 1.29 is 13.2 Å². The lowest BCUT2D eigenvalue weighted by atomic mass is 10.2. The normalized spacial score (nSPS) is 11.1. The molecule has 0 aliphatic rings. The number of carbonyl (C=O) groups excluding carboxylic acids is 1. The number of nitrogens with one attached hydrogen (secondary N) is 2. The van der Waals surface area contributed by atoms with Gasteiger partial charge in [0.05, 0.1) is 10.5 Å². The van der Waals surface area contributed by atoms with Gasteiger partial charge in [0.25, 0.3) is 15.9 Å². The number of carbonyl (C=O) groups is 1. The SMILES string of the molecule is CCCNC(=O)c1ccc(Sc2ccc(NS(=O)(=O)c3ccc(C)cc3)cc2)nc1. The minimum atomic E-state index is -3.63. The molecule has 0 saturated heterocycles. The Morgan fingerprint density at radius 3 is 2.30 bits per heavy atom. The lowest BCUT2D eigenvalue weighted by Crippen LogP contribution is -2.23. The first-order chi connectivity index (χ1) is 14.4. The number of aryl methyl sites for hydroxylation is 1. The summed E-state index contributed by atoms with van der Waals surface area (Å²) < 4.78 is 27.5. The van der Waals surface area contributed by atoms with Crippen LogP contribution in [-0.2, 0) is 10.0 Å². The van der Waals surface area contributed by atoms with Crippen LogP contribution >= 0.6 is 11.8 Å². The van der Waals surface area contributed by atoms with Gasteiger partial charge in [0.1, 0.15) is 5.03 Å². The summed E-state index contributed by atoms with van der Waals surface area (Å²) in [4.78, 5) is 17.4. The average Bonchev–Trinajstić information content (AvgIpc) is 2.74. The van der Waals surface area contributed by atoms with E-state index in [0.717, 1.165) is 21.9 Å². The highest BCUT2D eigenvalue weighted by atomic mass is 32.2. The zero-order valence-corrected chi connectivity index (χ0v) is 18.4. The van der Waals surface area contributed by atoms with E-state index < -0.39 is 10.0 Å². The minimum Gasteiger partial charge on any atom is -0.352 e. The fourth-order valence-corrected chi connectivity index (χ4v) is 4.37. The Hall–Kier alpha value is -2.84. The molecular formula is C22H23N3O3S2. The van der Waals surface area contributed by atoms with Gasteiger partial charge < -0.3 is 5.32 Å². The molecule has 30 heavy (non-hydrogen) atoms. The van der Waals surface area contributed by atoms with Crippen LogP contribution in [0.4, 0.5) is 5.69 Å². The Kier molecular flexibility index (Phi) is 7.12. The van der Waals surface area contributed by atoms with Gasteiger partial charge in [0, 0.05) is 23.3 Å². The molecule has 0 spiro atoms. The first-order valence-corrected chi connectivity index (χ1v) is 11.8. The maximum absolute atomic E-state index is 12.5. The van der Waals surface area contributed by atoms with Gasteiger partial charge in [0.2, 0.25) is 0 Å². The Bertz CT molecular complexity index is 1100. The molecule has 8 heteroatoms. The Morgan fingerprint density at radius 2 is 1.70 bits per heavy atom. The monoisotopic (exact) mass is 441 g/mol. The predicted octanol–water partition coefficient (Wildman–Crippen LogP) is 4.48. The van der Waals surface area contributed by atoms with Crippen molar-refractivity contribution in [2.75, 3.05) is 11.3 Å². The van der Waals surface area contributed by atoms with E-state index in [1.807, 2.05) is 26.0 Å². The van der Waals surface area contributed by atoms with Gasteiger partial charge in [-0.25, -0.2) is 13.4 Å². The molecule has 3 rings (SSSR count). The standard InChI is InChI=1S/C22H23N3O3S2/c1-3-14-23-22(26)17-6-13-21(24-15-17)29-19-9-7-18(8-10-19)25-30(27,28)20-11-4-16(2)5-12-20/h4-13,15,25H,3,14H2,1-2H3,(H,23,26). The third kappa shape index (κ3) is 5.84. The molecule has 1 amide bonds. The van der Waals surface area contributed by atoms with Crippen molar-refractivity contribution in [1.29, 1.82) is 0 Å². The molecule has 0 saturated carbocycles. The van der Waals surface area contributed by atoms with Gasteiger partial charge in [-0.1, -0.05) is 36.4 Å². The van der Waals surface area contributed by atoms with Crippen LogP contribution in [0.1, 0.15) is 29.3 Å². The van der Waals surface area contributed by atoms with Gasteiger partial charge in [-0.3, -0.25) is 9.52 Å². The molecule has 0 fully saturated rings. The van der Waals surface area contributed by atoms with Crippen molar-refractivity contribution >= 4 is 33.4 Å². The number of benzene rings is 2. The van der Waals surface area contributed by atoms with E-state index in [-0.39, 0.29) is 10.8 Å². The number of nitrogens with zero attached hydrogens (tertiary/aromatic N) is 1. The van der Waals surface area contributed by atoms with Crippen molar-refractivity contribution in [1.82, 2.24) is 10.3 Å². The molecule has 2 N–H and O–H groups in total. The van der Waals surface area contributed by atoms with Crippen LogP contribution in [0, 0.1) is 6.92 Å². The Labute approximate surface area is 181 Å². The maximum Gasteiger partial charge on any atom is 0.261 e.